The number of aryl methyl sites for hydroxylation is 1. The van der Waals surface area contributed by atoms with E-state index >= 15 is 0 Å². The Hall–Kier alpha value is -1.32. The largest absolute Gasteiger partial charge is 0.349 e. The van der Waals surface area contributed by atoms with Crippen molar-refractivity contribution in [1.82, 2.24) is 14.9 Å². The average molecular weight is 223 g/mol. The Labute approximate surface area is 97.1 Å². The molecular weight excluding hydrogens is 202 g/mol. The van der Waals surface area contributed by atoms with Crippen LogP contribution in [-0.4, -0.2) is 21.0 Å². The molecule has 16 heavy (non-hydrogen) atoms. The number of nitrogens with zero attached hydrogens (tertiary/aromatic N) is 2. The van der Waals surface area contributed by atoms with Crippen LogP contribution in [0.15, 0.2) is 12.4 Å². The maximum atomic E-state index is 12.0. The van der Waals surface area contributed by atoms with Gasteiger partial charge in [-0.15, -0.1) is 0 Å². The normalized spacial score (nSPS) is 13.6. The minimum Gasteiger partial charge on any atom is -0.349 e. The van der Waals surface area contributed by atoms with Crippen molar-refractivity contribution < 1.29 is 4.79 Å². The lowest BCUT2D eigenvalue weighted by Crippen LogP contribution is -2.45. The van der Waals surface area contributed by atoms with E-state index in [0.717, 1.165) is 12.2 Å². The fourth-order valence-corrected chi connectivity index (χ4v) is 1.45. The van der Waals surface area contributed by atoms with Gasteiger partial charge in [-0.05, 0) is 34.1 Å². The van der Waals surface area contributed by atoms with Crippen LogP contribution in [0.3, 0.4) is 0 Å². The fraction of sp³-hybridized carbons (Fsp3) is 0.667. The molecule has 1 unspecified atom stereocenters. The maximum absolute atomic E-state index is 12.0. The van der Waals surface area contributed by atoms with Gasteiger partial charge in [-0.3, -0.25) is 4.79 Å². The van der Waals surface area contributed by atoms with Gasteiger partial charge in [-0.25, -0.2) is 4.98 Å². The predicted molar refractivity (Wildman–Crippen MR) is 64.2 cm³/mol. The highest BCUT2D eigenvalue weighted by Gasteiger charge is 2.23. The summed E-state index contributed by atoms with van der Waals surface area (Å²) in [6.07, 6.45) is 4.46. The molecule has 4 heteroatoms. The summed E-state index contributed by atoms with van der Waals surface area (Å²) in [6, 6.07) is -0.215. The smallest absolute Gasteiger partial charge is 0.243 e. The van der Waals surface area contributed by atoms with Crippen LogP contribution in [0.5, 0.6) is 0 Å². The summed E-state index contributed by atoms with van der Waals surface area (Å²) in [5.74, 6) is 0.893. The van der Waals surface area contributed by atoms with E-state index in [1.165, 1.54) is 0 Å². The molecule has 1 rings (SSSR count). The molecule has 0 aliphatic heterocycles. The molecule has 1 amide bonds. The molecule has 0 aromatic carbocycles. The zero-order chi connectivity index (χ0) is 12.3. The zero-order valence-electron chi connectivity index (χ0n) is 10.7. The van der Waals surface area contributed by atoms with Gasteiger partial charge in [0.05, 0.1) is 0 Å². The quantitative estimate of drug-likeness (QED) is 0.849. The minimum atomic E-state index is -0.215. The number of hydrogen-bond acceptors (Lipinski definition) is 2. The van der Waals surface area contributed by atoms with Crippen molar-refractivity contribution in [3.05, 3.63) is 18.2 Å². The molecule has 1 N–H and O–H groups in total. The summed E-state index contributed by atoms with van der Waals surface area (Å²) >= 11 is 0. The lowest BCUT2D eigenvalue weighted by Gasteiger charge is -2.27. The average Bonchev–Trinajstić information content (AvgIpc) is 2.62. The Kier molecular flexibility index (Phi) is 3.73. The van der Waals surface area contributed by atoms with Gasteiger partial charge in [-0.1, -0.05) is 6.92 Å². The zero-order valence-corrected chi connectivity index (χ0v) is 10.7. The summed E-state index contributed by atoms with van der Waals surface area (Å²) in [6.45, 7) is 9.90. The number of hydrogen-bond donors (Lipinski definition) is 1. The molecule has 0 bridgehead atoms. The second kappa shape index (κ2) is 4.68. The Balaban J connectivity index is 2.73. The number of carbonyl (C=O) groups is 1. The van der Waals surface area contributed by atoms with Gasteiger partial charge in [0, 0.05) is 17.9 Å². The summed E-state index contributed by atoms with van der Waals surface area (Å²) in [4.78, 5) is 16.1. The number of amides is 1. The molecule has 1 atom stereocenters. The molecule has 0 saturated heterocycles. The van der Waals surface area contributed by atoms with Crippen molar-refractivity contribution in [2.45, 2.75) is 52.6 Å². The van der Waals surface area contributed by atoms with Gasteiger partial charge in [-0.2, -0.15) is 0 Å². The third-order valence-corrected chi connectivity index (χ3v) is 3.00. The summed E-state index contributed by atoms with van der Waals surface area (Å²) in [7, 11) is 0. The highest BCUT2D eigenvalue weighted by Crippen LogP contribution is 2.13. The first-order valence-corrected chi connectivity index (χ1v) is 5.69. The molecule has 0 aliphatic carbocycles. The van der Waals surface area contributed by atoms with E-state index in [0.29, 0.717) is 0 Å². The van der Waals surface area contributed by atoms with E-state index in [2.05, 4.69) is 17.2 Å². The number of imidazole rings is 1. The first-order valence-electron chi connectivity index (χ1n) is 5.69. The molecule has 1 heterocycles. The van der Waals surface area contributed by atoms with E-state index in [1.54, 1.807) is 6.20 Å². The fourth-order valence-electron chi connectivity index (χ4n) is 1.45. The minimum absolute atomic E-state index is 0.0351. The van der Waals surface area contributed by atoms with Crippen LogP contribution in [0.2, 0.25) is 0 Å². The van der Waals surface area contributed by atoms with Gasteiger partial charge in [0.15, 0.2) is 0 Å². The number of rotatable bonds is 4. The van der Waals surface area contributed by atoms with Crippen LogP contribution >= 0.6 is 0 Å². The molecular formula is C12H21N3O. The molecule has 0 saturated carbocycles. The number of carbonyl (C=O) groups excluding carboxylic acids is 1. The van der Waals surface area contributed by atoms with Crippen LogP contribution in [0.25, 0.3) is 0 Å². The van der Waals surface area contributed by atoms with E-state index in [4.69, 9.17) is 0 Å². The molecule has 90 valence electrons. The second-order valence-electron chi connectivity index (χ2n) is 4.78. The number of nitrogens with one attached hydrogen (secondary N) is 1. The van der Waals surface area contributed by atoms with Crippen LogP contribution in [-0.2, 0) is 4.79 Å². The summed E-state index contributed by atoms with van der Waals surface area (Å²) < 4.78 is 1.88. The summed E-state index contributed by atoms with van der Waals surface area (Å²) in [5.41, 5.74) is -0.153. The van der Waals surface area contributed by atoms with E-state index < -0.39 is 0 Å². The highest BCUT2D eigenvalue weighted by molar-refractivity contribution is 5.80. The second-order valence-corrected chi connectivity index (χ2v) is 4.78. The Bertz CT molecular complexity index is 368. The molecule has 0 fully saturated rings. The van der Waals surface area contributed by atoms with Crippen LogP contribution < -0.4 is 5.32 Å². The standard InChI is InChI=1S/C12H21N3O/c1-6-12(4,5)14-11(16)9(2)15-8-7-13-10(15)3/h7-9H,6H2,1-5H3,(H,14,16). The highest BCUT2D eigenvalue weighted by atomic mass is 16.2. The maximum Gasteiger partial charge on any atom is 0.243 e. The molecule has 0 aliphatic rings. The van der Waals surface area contributed by atoms with Crippen molar-refractivity contribution in [1.29, 1.82) is 0 Å². The Morgan fingerprint density at radius 2 is 2.25 bits per heavy atom. The third kappa shape index (κ3) is 2.84. The van der Waals surface area contributed by atoms with Crippen LogP contribution in [0.4, 0.5) is 0 Å². The monoisotopic (exact) mass is 223 g/mol. The van der Waals surface area contributed by atoms with E-state index in [-0.39, 0.29) is 17.5 Å². The van der Waals surface area contributed by atoms with E-state index in [9.17, 15) is 4.79 Å². The lowest BCUT2D eigenvalue weighted by molar-refractivity contribution is -0.125. The van der Waals surface area contributed by atoms with Gasteiger partial charge in [0.25, 0.3) is 0 Å². The van der Waals surface area contributed by atoms with Crippen molar-refractivity contribution in [3.63, 3.8) is 0 Å². The first kappa shape index (κ1) is 12.7. The SMILES string of the molecule is CCC(C)(C)NC(=O)C(C)n1ccnc1C. The van der Waals surface area contributed by atoms with Gasteiger partial charge in [0.1, 0.15) is 11.9 Å². The van der Waals surface area contributed by atoms with Gasteiger partial charge >= 0.3 is 0 Å². The summed E-state index contributed by atoms with van der Waals surface area (Å²) in [5, 5.41) is 3.03. The van der Waals surface area contributed by atoms with Gasteiger partial charge < -0.3 is 9.88 Å². The Morgan fingerprint density at radius 3 is 2.69 bits per heavy atom. The van der Waals surface area contributed by atoms with E-state index in [1.807, 2.05) is 38.5 Å². The molecule has 0 spiro atoms. The molecule has 1 aromatic rings. The first-order chi connectivity index (χ1) is 7.37. The molecule has 0 radical (unpaired) electrons. The van der Waals surface area contributed by atoms with Crippen LogP contribution in [0.1, 0.15) is 46.0 Å². The van der Waals surface area contributed by atoms with Crippen LogP contribution in [0, 0.1) is 6.92 Å². The predicted octanol–water partition coefficient (Wildman–Crippen LogP) is 2.06. The Morgan fingerprint density at radius 1 is 1.62 bits per heavy atom. The van der Waals surface area contributed by atoms with Crippen molar-refractivity contribution >= 4 is 5.91 Å². The third-order valence-electron chi connectivity index (χ3n) is 3.00. The topological polar surface area (TPSA) is 46.9 Å². The lowest BCUT2D eigenvalue weighted by atomic mass is 10.0. The van der Waals surface area contributed by atoms with Crippen molar-refractivity contribution in [2.24, 2.45) is 0 Å². The molecule has 1 aromatic heterocycles. The van der Waals surface area contributed by atoms with Crippen molar-refractivity contribution in [3.8, 4) is 0 Å². The van der Waals surface area contributed by atoms with Crippen molar-refractivity contribution in [2.75, 3.05) is 0 Å². The van der Waals surface area contributed by atoms with Gasteiger partial charge in [0.2, 0.25) is 5.91 Å². The number of aromatic nitrogens is 2. The molecule has 4 nitrogen and oxygen atoms in total.